The number of ether oxygens (including phenoxy) is 5. The predicted octanol–water partition coefficient (Wildman–Crippen LogP) is 8.76. The summed E-state index contributed by atoms with van der Waals surface area (Å²) >= 11 is 0. The van der Waals surface area contributed by atoms with Crippen LogP contribution < -0.4 is 0 Å². The first-order valence-corrected chi connectivity index (χ1v) is 18.6. The van der Waals surface area contributed by atoms with Gasteiger partial charge in [-0.05, 0) is 145 Å². The average Bonchev–Trinajstić information content (AvgIpc) is 3.04. The molecule has 0 aliphatic rings. The third-order valence-corrected chi connectivity index (χ3v) is 7.23. The van der Waals surface area contributed by atoms with Gasteiger partial charge >= 0.3 is 23.9 Å². The first kappa shape index (κ1) is 44.2. The van der Waals surface area contributed by atoms with E-state index in [2.05, 4.69) is 9.97 Å². The van der Waals surface area contributed by atoms with E-state index in [1.54, 1.807) is 145 Å². The number of rotatable bonds is 10. The Balaban J connectivity index is 1.72. The standard InChI is InChI=1S/C44H54N4O9/c1-25-15-27(37(49)54-41(3,4)5)19-33(45-25)35-21-29(39(51)56-43(9,10)11)17-31(47-35)23-53-24-32-18-30(40(52)57-44(12,13)14)22-36(48-32)34-20-28(16-26(2)46-34)38(50)55-42(6,7)8/h15-22H,23-24H2,1-14H3. The van der Waals surface area contributed by atoms with E-state index in [0.717, 1.165) is 0 Å². The zero-order chi connectivity index (χ0) is 42.7. The second-order valence-electron chi connectivity index (χ2n) is 17.7. The highest BCUT2D eigenvalue weighted by Gasteiger charge is 2.25. The maximum Gasteiger partial charge on any atom is 0.338 e. The van der Waals surface area contributed by atoms with Crippen LogP contribution in [-0.2, 0) is 36.9 Å². The molecule has 304 valence electrons. The van der Waals surface area contributed by atoms with Crippen LogP contribution in [0.15, 0.2) is 48.5 Å². The third kappa shape index (κ3) is 13.9. The molecule has 0 saturated carbocycles. The Morgan fingerprint density at radius 1 is 0.404 bits per heavy atom. The summed E-state index contributed by atoms with van der Waals surface area (Å²) in [4.78, 5) is 71.4. The molecule has 0 bridgehead atoms. The number of hydrogen-bond acceptors (Lipinski definition) is 13. The smallest absolute Gasteiger partial charge is 0.338 e. The highest BCUT2D eigenvalue weighted by Crippen LogP contribution is 2.26. The summed E-state index contributed by atoms with van der Waals surface area (Å²) in [5.74, 6) is -2.22. The van der Waals surface area contributed by atoms with Gasteiger partial charge in [-0.25, -0.2) is 29.1 Å². The van der Waals surface area contributed by atoms with Crippen molar-refractivity contribution in [2.24, 2.45) is 0 Å². The van der Waals surface area contributed by atoms with E-state index in [9.17, 15) is 19.2 Å². The van der Waals surface area contributed by atoms with E-state index < -0.39 is 46.3 Å². The van der Waals surface area contributed by atoms with E-state index >= 15 is 0 Å². The van der Waals surface area contributed by atoms with Gasteiger partial charge in [0.05, 0.1) is 69.6 Å². The van der Waals surface area contributed by atoms with Crippen LogP contribution in [0.3, 0.4) is 0 Å². The molecule has 0 aliphatic carbocycles. The van der Waals surface area contributed by atoms with Gasteiger partial charge in [-0.2, -0.15) is 0 Å². The van der Waals surface area contributed by atoms with Gasteiger partial charge in [-0.15, -0.1) is 0 Å². The number of pyridine rings is 4. The molecule has 0 radical (unpaired) electrons. The van der Waals surface area contributed by atoms with Gasteiger partial charge in [0.2, 0.25) is 0 Å². The molecular weight excluding hydrogens is 729 g/mol. The Kier molecular flexibility index (Phi) is 13.1. The molecule has 0 aliphatic heterocycles. The second-order valence-corrected chi connectivity index (χ2v) is 17.7. The molecule has 4 heterocycles. The normalized spacial score (nSPS) is 12.2. The number of carbonyl (C=O) groups is 4. The van der Waals surface area contributed by atoms with Gasteiger partial charge in [0.1, 0.15) is 22.4 Å². The molecule has 4 aromatic rings. The van der Waals surface area contributed by atoms with Crippen LogP contribution >= 0.6 is 0 Å². The maximum atomic E-state index is 13.3. The van der Waals surface area contributed by atoms with Crippen molar-refractivity contribution in [1.29, 1.82) is 0 Å². The van der Waals surface area contributed by atoms with Crippen molar-refractivity contribution in [1.82, 2.24) is 19.9 Å². The SMILES string of the molecule is Cc1cc(C(=O)OC(C)(C)C)cc(-c2cc(C(=O)OC(C)(C)C)cc(COCc3cc(C(=O)OC(C)(C)C)cc(-c4cc(C(=O)OC(C)(C)C)cc(C)n4)n3)n2)n1. The van der Waals surface area contributed by atoms with E-state index in [-0.39, 0.29) is 35.5 Å². The number of aryl methyl sites for hydroxylation is 2. The summed E-state index contributed by atoms with van der Waals surface area (Å²) in [7, 11) is 0. The van der Waals surface area contributed by atoms with Crippen LogP contribution in [0.25, 0.3) is 22.8 Å². The van der Waals surface area contributed by atoms with Gasteiger partial charge in [0, 0.05) is 11.4 Å². The van der Waals surface area contributed by atoms with Crippen molar-refractivity contribution in [2.45, 2.75) is 133 Å². The fraction of sp³-hybridized carbons (Fsp3) is 0.455. The molecular formula is C44H54N4O9. The molecule has 0 spiro atoms. The fourth-order valence-corrected chi connectivity index (χ4v) is 5.26. The van der Waals surface area contributed by atoms with E-state index in [1.165, 1.54) is 0 Å². The molecule has 0 aromatic carbocycles. The minimum Gasteiger partial charge on any atom is -0.456 e. The highest BCUT2D eigenvalue weighted by molar-refractivity contribution is 5.94. The summed E-state index contributed by atoms with van der Waals surface area (Å²) < 4.78 is 28.6. The average molecular weight is 783 g/mol. The van der Waals surface area contributed by atoms with Crippen molar-refractivity contribution in [3.05, 3.63) is 93.6 Å². The first-order chi connectivity index (χ1) is 26.1. The van der Waals surface area contributed by atoms with Gasteiger partial charge in [-0.1, -0.05) is 0 Å². The van der Waals surface area contributed by atoms with Gasteiger partial charge < -0.3 is 23.7 Å². The molecule has 0 N–H and O–H groups in total. The molecule has 57 heavy (non-hydrogen) atoms. The lowest BCUT2D eigenvalue weighted by Gasteiger charge is -2.20. The summed E-state index contributed by atoms with van der Waals surface area (Å²) in [6.45, 7) is 24.6. The second kappa shape index (κ2) is 16.9. The van der Waals surface area contributed by atoms with E-state index in [0.29, 0.717) is 45.6 Å². The topological polar surface area (TPSA) is 166 Å². The number of carbonyl (C=O) groups excluding carboxylic acids is 4. The van der Waals surface area contributed by atoms with E-state index in [4.69, 9.17) is 33.7 Å². The molecule has 4 rings (SSSR count). The summed E-state index contributed by atoms with van der Waals surface area (Å²) in [5.41, 5.74) is 1.11. The Morgan fingerprint density at radius 3 is 0.912 bits per heavy atom. The van der Waals surface area contributed by atoms with Crippen molar-refractivity contribution in [3.63, 3.8) is 0 Å². The highest BCUT2D eigenvalue weighted by atomic mass is 16.6. The molecule has 0 unspecified atom stereocenters. The molecule has 13 heteroatoms. The van der Waals surface area contributed by atoms with Crippen molar-refractivity contribution >= 4 is 23.9 Å². The first-order valence-electron chi connectivity index (χ1n) is 18.6. The molecule has 13 nitrogen and oxygen atoms in total. The largest absolute Gasteiger partial charge is 0.456 e. The lowest BCUT2D eigenvalue weighted by atomic mass is 10.1. The van der Waals surface area contributed by atoms with Gasteiger partial charge in [0.25, 0.3) is 0 Å². The quantitative estimate of drug-likeness (QED) is 0.111. The number of aromatic nitrogens is 4. The summed E-state index contributed by atoms with van der Waals surface area (Å²) in [5, 5.41) is 0. The van der Waals surface area contributed by atoms with Crippen LogP contribution in [0.2, 0.25) is 0 Å². The zero-order valence-corrected chi connectivity index (χ0v) is 35.5. The van der Waals surface area contributed by atoms with Gasteiger partial charge in [0.15, 0.2) is 0 Å². The Bertz CT molecular complexity index is 2020. The summed E-state index contributed by atoms with van der Waals surface area (Å²) in [6, 6.07) is 12.6. The van der Waals surface area contributed by atoms with Crippen LogP contribution in [-0.4, -0.2) is 66.2 Å². The van der Waals surface area contributed by atoms with Crippen LogP contribution in [0.4, 0.5) is 0 Å². The molecule has 0 saturated heterocycles. The van der Waals surface area contributed by atoms with Crippen LogP contribution in [0, 0.1) is 13.8 Å². The Morgan fingerprint density at radius 2 is 0.649 bits per heavy atom. The zero-order valence-electron chi connectivity index (χ0n) is 35.5. The fourth-order valence-electron chi connectivity index (χ4n) is 5.26. The van der Waals surface area contributed by atoms with E-state index in [1.807, 2.05) is 0 Å². The lowest BCUT2D eigenvalue weighted by molar-refractivity contribution is 0.00562. The minimum atomic E-state index is -0.773. The van der Waals surface area contributed by atoms with Crippen molar-refractivity contribution in [3.8, 4) is 22.8 Å². The monoisotopic (exact) mass is 782 g/mol. The Labute approximate surface area is 334 Å². The predicted molar refractivity (Wildman–Crippen MR) is 214 cm³/mol. The molecule has 0 amide bonds. The van der Waals surface area contributed by atoms with Crippen molar-refractivity contribution in [2.75, 3.05) is 0 Å². The Hall–Kier alpha value is -5.56. The van der Waals surface area contributed by atoms with Crippen LogP contribution in [0.5, 0.6) is 0 Å². The van der Waals surface area contributed by atoms with Crippen molar-refractivity contribution < 1.29 is 42.9 Å². The minimum absolute atomic E-state index is 0.0897. The number of esters is 4. The van der Waals surface area contributed by atoms with Crippen LogP contribution in [0.1, 0.15) is 147 Å². The number of nitrogens with zero attached hydrogens (tertiary/aromatic N) is 4. The molecule has 4 aromatic heterocycles. The molecule has 0 fully saturated rings. The number of hydrogen-bond donors (Lipinski definition) is 0. The third-order valence-electron chi connectivity index (χ3n) is 7.23. The summed E-state index contributed by atoms with van der Waals surface area (Å²) in [6.07, 6.45) is 0. The maximum absolute atomic E-state index is 13.3. The van der Waals surface area contributed by atoms with Gasteiger partial charge in [-0.3, -0.25) is 9.97 Å². The lowest BCUT2D eigenvalue weighted by Crippen LogP contribution is -2.24. The molecule has 0 atom stereocenters.